The third kappa shape index (κ3) is 5.07. The smallest absolute Gasteiger partial charge is 0.221 e. The Morgan fingerprint density at radius 3 is 2.88 bits per heavy atom. The van der Waals surface area contributed by atoms with Gasteiger partial charge in [-0.25, -0.2) is 0 Å². The fraction of sp³-hybridized carbons (Fsp3) is 0.357. The minimum atomic E-state index is 0.0561. The molecule has 0 saturated heterocycles. The molecule has 0 bridgehead atoms. The maximum absolute atomic E-state index is 11.4. The average molecular weight is 230 g/mol. The van der Waals surface area contributed by atoms with Crippen molar-refractivity contribution < 1.29 is 4.79 Å². The Labute approximate surface area is 103 Å². The minimum absolute atomic E-state index is 0.0561. The summed E-state index contributed by atoms with van der Waals surface area (Å²) in [5.74, 6) is 2.63. The molecular formula is C14H18N2O. The second kappa shape index (κ2) is 6.59. The van der Waals surface area contributed by atoms with Gasteiger partial charge in [-0.3, -0.25) is 4.79 Å². The van der Waals surface area contributed by atoms with E-state index in [0.717, 1.165) is 11.3 Å². The number of rotatable bonds is 5. The molecule has 90 valence electrons. The van der Waals surface area contributed by atoms with Crippen LogP contribution >= 0.6 is 0 Å². The molecule has 0 aliphatic heterocycles. The highest BCUT2D eigenvalue weighted by atomic mass is 16.1. The van der Waals surface area contributed by atoms with Crippen LogP contribution in [-0.4, -0.2) is 18.5 Å². The van der Waals surface area contributed by atoms with Gasteiger partial charge >= 0.3 is 0 Å². The average Bonchev–Trinajstić information content (AvgIpc) is 2.28. The van der Waals surface area contributed by atoms with Gasteiger partial charge in [-0.2, -0.15) is 0 Å². The van der Waals surface area contributed by atoms with E-state index in [0.29, 0.717) is 13.0 Å². The van der Waals surface area contributed by atoms with Crippen LogP contribution in [0.2, 0.25) is 0 Å². The van der Waals surface area contributed by atoms with Crippen LogP contribution in [0.3, 0.4) is 0 Å². The lowest BCUT2D eigenvalue weighted by atomic mass is 10.2. The molecule has 0 unspecified atom stereocenters. The van der Waals surface area contributed by atoms with Crippen molar-refractivity contribution in [2.75, 3.05) is 11.9 Å². The zero-order valence-electron chi connectivity index (χ0n) is 10.3. The topological polar surface area (TPSA) is 41.1 Å². The summed E-state index contributed by atoms with van der Waals surface area (Å²) >= 11 is 0. The summed E-state index contributed by atoms with van der Waals surface area (Å²) in [4.78, 5) is 11.4. The van der Waals surface area contributed by atoms with Gasteiger partial charge in [0.2, 0.25) is 5.91 Å². The van der Waals surface area contributed by atoms with Gasteiger partial charge in [0.25, 0.3) is 0 Å². The van der Waals surface area contributed by atoms with Crippen LogP contribution in [0, 0.1) is 12.3 Å². The normalized spacial score (nSPS) is 9.76. The van der Waals surface area contributed by atoms with Crippen molar-refractivity contribution in [3.63, 3.8) is 0 Å². The van der Waals surface area contributed by atoms with Gasteiger partial charge in [0, 0.05) is 30.3 Å². The maximum Gasteiger partial charge on any atom is 0.221 e. The monoisotopic (exact) mass is 230 g/mol. The fourth-order valence-corrected chi connectivity index (χ4v) is 1.43. The molecule has 2 N–H and O–H groups in total. The van der Waals surface area contributed by atoms with E-state index in [1.54, 1.807) is 0 Å². The van der Waals surface area contributed by atoms with Gasteiger partial charge in [-0.05, 0) is 32.0 Å². The molecule has 3 nitrogen and oxygen atoms in total. The van der Waals surface area contributed by atoms with E-state index < -0.39 is 0 Å². The molecule has 0 radical (unpaired) electrons. The Balaban J connectivity index is 2.36. The Kier molecular flexibility index (Phi) is 5.09. The maximum atomic E-state index is 11.4. The van der Waals surface area contributed by atoms with Crippen LogP contribution in [-0.2, 0) is 4.79 Å². The second-order valence-corrected chi connectivity index (χ2v) is 4.12. The summed E-state index contributed by atoms with van der Waals surface area (Å²) < 4.78 is 0. The predicted octanol–water partition coefficient (Wildman–Crippen LogP) is 1.99. The Hall–Kier alpha value is -1.95. The van der Waals surface area contributed by atoms with Gasteiger partial charge in [0.15, 0.2) is 0 Å². The first kappa shape index (κ1) is 13.1. The molecule has 0 saturated carbocycles. The molecule has 0 aromatic heterocycles. The zero-order valence-corrected chi connectivity index (χ0v) is 10.3. The van der Waals surface area contributed by atoms with Crippen molar-refractivity contribution in [2.45, 2.75) is 26.3 Å². The van der Waals surface area contributed by atoms with Crippen LogP contribution in [0.1, 0.15) is 25.8 Å². The summed E-state index contributed by atoms with van der Waals surface area (Å²) in [6.45, 7) is 4.50. The van der Waals surface area contributed by atoms with Crippen molar-refractivity contribution in [1.82, 2.24) is 5.32 Å². The first-order valence-electron chi connectivity index (χ1n) is 5.71. The van der Waals surface area contributed by atoms with E-state index in [-0.39, 0.29) is 11.9 Å². The highest BCUT2D eigenvalue weighted by molar-refractivity contribution is 5.76. The molecule has 0 heterocycles. The second-order valence-electron chi connectivity index (χ2n) is 4.12. The lowest BCUT2D eigenvalue weighted by Crippen LogP contribution is -2.31. The number of amides is 1. The first-order chi connectivity index (χ1) is 8.11. The van der Waals surface area contributed by atoms with Crippen LogP contribution in [0.25, 0.3) is 0 Å². The number of terminal acetylenes is 1. The van der Waals surface area contributed by atoms with Crippen LogP contribution in [0.4, 0.5) is 5.69 Å². The predicted molar refractivity (Wildman–Crippen MR) is 70.8 cm³/mol. The van der Waals surface area contributed by atoms with Gasteiger partial charge in [-0.1, -0.05) is 12.0 Å². The molecule has 1 aromatic carbocycles. The van der Waals surface area contributed by atoms with E-state index in [1.807, 2.05) is 38.1 Å². The highest BCUT2D eigenvalue weighted by Crippen LogP contribution is 2.09. The van der Waals surface area contributed by atoms with Gasteiger partial charge in [0.05, 0.1) is 0 Å². The molecule has 1 aromatic rings. The first-order valence-corrected chi connectivity index (χ1v) is 5.71. The molecule has 0 fully saturated rings. The van der Waals surface area contributed by atoms with E-state index in [1.165, 1.54) is 0 Å². The number of benzene rings is 1. The largest absolute Gasteiger partial charge is 0.384 e. The van der Waals surface area contributed by atoms with E-state index in [9.17, 15) is 4.79 Å². The van der Waals surface area contributed by atoms with Crippen LogP contribution in [0.5, 0.6) is 0 Å². The summed E-state index contributed by atoms with van der Waals surface area (Å²) in [6.07, 6.45) is 5.77. The summed E-state index contributed by atoms with van der Waals surface area (Å²) in [5.41, 5.74) is 1.78. The van der Waals surface area contributed by atoms with Crippen molar-refractivity contribution in [1.29, 1.82) is 0 Å². The van der Waals surface area contributed by atoms with Gasteiger partial charge in [0.1, 0.15) is 0 Å². The number of carbonyl (C=O) groups is 1. The molecule has 0 atom stereocenters. The standard InChI is InChI=1S/C14H18N2O/c1-4-12-6-5-7-13(10-12)15-9-8-14(17)16-11(2)3/h1,5-7,10-11,15H,8-9H2,2-3H3,(H,16,17). The molecule has 0 spiro atoms. The number of carbonyl (C=O) groups excluding carboxylic acids is 1. The van der Waals surface area contributed by atoms with E-state index in [2.05, 4.69) is 16.6 Å². The zero-order chi connectivity index (χ0) is 12.7. The third-order valence-electron chi connectivity index (χ3n) is 2.16. The molecule has 1 rings (SSSR count). The van der Waals surface area contributed by atoms with Gasteiger partial charge < -0.3 is 10.6 Å². The van der Waals surface area contributed by atoms with Crippen LogP contribution < -0.4 is 10.6 Å². The molecule has 0 aliphatic carbocycles. The quantitative estimate of drug-likeness (QED) is 0.760. The number of hydrogen-bond donors (Lipinski definition) is 2. The molecule has 17 heavy (non-hydrogen) atoms. The molecule has 3 heteroatoms. The fourth-order valence-electron chi connectivity index (χ4n) is 1.43. The molecule has 1 amide bonds. The van der Waals surface area contributed by atoms with Gasteiger partial charge in [-0.15, -0.1) is 6.42 Å². The molecule has 0 aliphatic rings. The van der Waals surface area contributed by atoms with Crippen molar-refractivity contribution in [2.24, 2.45) is 0 Å². The number of hydrogen-bond acceptors (Lipinski definition) is 2. The SMILES string of the molecule is C#Cc1cccc(NCCC(=O)NC(C)C)c1. The Morgan fingerprint density at radius 1 is 1.47 bits per heavy atom. The lowest BCUT2D eigenvalue weighted by Gasteiger charge is -2.09. The van der Waals surface area contributed by atoms with E-state index >= 15 is 0 Å². The lowest BCUT2D eigenvalue weighted by molar-refractivity contribution is -0.121. The minimum Gasteiger partial charge on any atom is -0.384 e. The summed E-state index contributed by atoms with van der Waals surface area (Å²) in [7, 11) is 0. The van der Waals surface area contributed by atoms with E-state index in [4.69, 9.17) is 6.42 Å². The summed E-state index contributed by atoms with van der Waals surface area (Å²) in [5, 5.41) is 6.01. The Morgan fingerprint density at radius 2 is 2.24 bits per heavy atom. The van der Waals surface area contributed by atoms with Crippen molar-refractivity contribution >= 4 is 11.6 Å². The number of anilines is 1. The molecular weight excluding hydrogens is 212 g/mol. The number of nitrogens with one attached hydrogen (secondary N) is 2. The highest BCUT2D eigenvalue weighted by Gasteiger charge is 2.02. The van der Waals surface area contributed by atoms with Crippen LogP contribution in [0.15, 0.2) is 24.3 Å². The Bertz CT molecular complexity index is 418. The summed E-state index contributed by atoms with van der Waals surface area (Å²) in [6, 6.07) is 7.77. The third-order valence-corrected chi connectivity index (χ3v) is 2.16. The van der Waals surface area contributed by atoms with Crippen molar-refractivity contribution in [3.05, 3.63) is 29.8 Å². The van der Waals surface area contributed by atoms with Crippen molar-refractivity contribution in [3.8, 4) is 12.3 Å².